The number of methoxy groups -OCH3 is 1. The summed E-state index contributed by atoms with van der Waals surface area (Å²) in [6.07, 6.45) is 3.54. The van der Waals surface area contributed by atoms with Crippen molar-refractivity contribution in [1.29, 1.82) is 0 Å². The minimum atomic E-state index is 0.544. The summed E-state index contributed by atoms with van der Waals surface area (Å²) in [6.45, 7) is 3.04. The van der Waals surface area contributed by atoms with Crippen molar-refractivity contribution >= 4 is 17.2 Å². The van der Waals surface area contributed by atoms with Crippen LogP contribution in [0.4, 0.5) is 5.82 Å². The van der Waals surface area contributed by atoms with E-state index in [2.05, 4.69) is 25.3 Å². The van der Waals surface area contributed by atoms with Crippen LogP contribution in [0.3, 0.4) is 0 Å². The van der Waals surface area contributed by atoms with E-state index in [-0.39, 0.29) is 0 Å². The summed E-state index contributed by atoms with van der Waals surface area (Å²) in [5.74, 6) is 1.49. The highest BCUT2D eigenvalue weighted by Gasteiger charge is 2.06. The maximum absolute atomic E-state index is 5.09. The fourth-order valence-electron chi connectivity index (χ4n) is 2.12. The molecule has 0 spiro atoms. The highest BCUT2D eigenvalue weighted by Crippen LogP contribution is 2.19. The summed E-state index contributed by atoms with van der Waals surface area (Å²) in [4.78, 5) is 17.5. The first-order valence-corrected chi connectivity index (χ1v) is 8.05. The summed E-state index contributed by atoms with van der Waals surface area (Å²) < 4.78 is 5.09. The van der Waals surface area contributed by atoms with Crippen LogP contribution in [-0.4, -0.2) is 27.0 Å². The van der Waals surface area contributed by atoms with E-state index in [9.17, 15) is 0 Å². The van der Waals surface area contributed by atoms with Crippen LogP contribution >= 0.6 is 11.3 Å². The number of nitrogens with zero attached hydrogens (tertiary/aromatic N) is 4. The first-order chi connectivity index (χ1) is 11.2. The third kappa shape index (κ3) is 4.08. The molecular formula is C16H17N5OS. The quantitative estimate of drug-likeness (QED) is 0.750. The molecule has 0 aliphatic carbocycles. The van der Waals surface area contributed by atoms with Gasteiger partial charge in [0.2, 0.25) is 0 Å². The zero-order valence-electron chi connectivity index (χ0n) is 13.0. The Bertz CT molecular complexity index is 775. The number of aryl methyl sites for hydroxylation is 1. The molecule has 118 valence electrons. The molecular weight excluding hydrogens is 310 g/mol. The number of ether oxygens (including phenoxy) is 1. The maximum atomic E-state index is 5.09. The van der Waals surface area contributed by atoms with E-state index in [0.29, 0.717) is 19.0 Å². The Balaban J connectivity index is 1.73. The van der Waals surface area contributed by atoms with Crippen LogP contribution in [0.1, 0.15) is 16.5 Å². The van der Waals surface area contributed by atoms with Crippen LogP contribution in [0.15, 0.2) is 36.0 Å². The van der Waals surface area contributed by atoms with Crippen molar-refractivity contribution < 1.29 is 4.74 Å². The molecule has 0 saturated carbocycles. The summed E-state index contributed by atoms with van der Waals surface area (Å²) in [5.41, 5.74) is 2.80. The van der Waals surface area contributed by atoms with Gasteiger partial charge in [0.25, 0.3) is 0 Å². The van der Waals surface area contributed by atoms with Gasteiger partial charge in [-0.3, -0.25) is 4.98 Å². The fraction of sp³-hybridized carbons (Fsp3) is 0.250. The second-order valence-electron chi connectivity index (χ2n) is 4.95. The molecule has 1 N–H and O–H groups in total. The average molecular weight is 327 g/mol. The van der Waals surface area contributed by atoms with Gasteiger partial charge in [0.1, 0.15) is 16.6 Å². The van der Waals surface area contributed by atoms with Crippen LogP contribution in [0, 0.1) is 6.92 Å². The molecule has 3 aromatic heterocycles. The standard InChI is InChI=1S/C16H17N5OS/c1-11-19-14(12-4-3-5-17-7-12)6-15(20-11)18-8-13-10-23-16(21-13)9-22-2/h3-7,10H,8-9H2,1-2H3,(H,18,19,20). The number of nitrogens with one attached hydrogen (secondary N) is 1. The largest absolute Gasteiger partial charge is 0.378 e. The van der Waals surface area contributed by atoms with Crippen LogP contribution in [-0.2, 0) is 17.9 Å². The number of pyridine rings is 1. The van der Waals surface area contributed by atoms with Crippen LogP contribution < -0.4 is 5.32 Å². The summed E-state index contributed by atoms with van der Waals surface area (Å²) in [5, 5.41) is 6.30. The molecule has 23 heavy (non-hydrogen) atoms. The number of rotatable bonds is 6. The Kier molecular flexibility index (Phi) is 4.89. The van der Waals surface area contributed by atoms with Crippen molar-refractivity contribution in [3.63, 3.8) is 0 Å². The highest BCUT2D eigenvalue weighted by atomic mass is 32.1. The van der Waals surface area contributed by atoms with E-state index in [4.69, 9.17) is 4.74 Å². The SMILES string of the molecule is COCc1nc(CNc2cc(-c3cccnc3)nc(C)n2)cs1. The van der Waals surface area contributed by atoms with E-state index in [0.717, 1.165) is 27.8 Å². The molecule has 0 saturated heterocycles. The third-order valence-electron chi connectivity index (χ3n) is 3.11. The average Bonchev–Trinajstić information content (AvgIpc) is 3.01. The van der Waals surface area contributed by atoms with Gasteiger partial charge in [-0.25, -0.2) is 15.0 Å². The van der Waals surface area contributed by atoms with Crippen molar-refractivity contribution in [1.82, 2.24) is 19.9 Å². The van der Waals surface area contributed by atoms with Gasteiger partial charge in [0.15, 0.2) is 0 Å². The van der Waals surface area contributed by atoms with Crippen molar-refractivity contribution in [3.8, 4) is 11.3 Å². The first-order valence-electron chi connectivity index (χ1n) is 7.17. The normalized spacial score (nSPS) is 10.7. The van der Waals surface area contributed by atoms with Crippen molar-refractivity contribution in [2.45, 2.75) is 20.1 Å². The molecule has 0 unspecified atom stereocenters. The maximum Gasteiger partial charge on any atom is 0.130 e. The highest BCUT2D eigenvalue weighted by molar-refractivity contribution is 7.09. The Morgan fingerprint density at radius 2 is 2.17 bits per heavy atom. The number of anilines is 1. The smallest absolute Gasteiger partial charge is 0.130 e. The number of hydrogen-bond donors (Lipinski definition) is 1. The molecule has 0 aliphatic rings. The van der Waals surface area contributed by atoms with E-state index < -0.39 is 0 Å². The zero-order valence-corrected chi connectivity index (χ0v) is 13.8. The van der Waals surface area contributed by atoms with E-state index in [1.54, 1.807) is 30.8 Å². The Hall–Kier alpha value is -2.38. The second-order valence-corrected chi connectivity index (χ2v) is 5.89. The number of hydrogen-bond acceptors (Lipinski definition) is 7. The molecule has 0 atom stereocenters. The van der Waals surface area contributed by atoms with E-state index in [1.807, 2.05) is 30.5 Å². The molecule has 0 fully saturated rings. The summed E-state index contributed by atoms with van der Waals surface area (Å²) in [7, 11) is 1.67. The Morgan fingerprint density at radius 1 is 1.26 bits per heavy atom. The second kappa shape index (κ2) is 7.26. The molecule has 3 heterocycles. The first kappa shape index (κ1) is 15.5. The van der Waals surface area contributed by atoms with Crippen molar-refractivity contribution in [3.05, 3.63) is 52.5 Å². The summed E-state index contributed by atoms with van der Waals surface area (Å²) in [6, 6.07) is 5.80. The van der Waals surface area contributed by atoms with Crippen LogP contribution in [0.2, 0.25) is 0 Å². The molecule has 0 amide bonds. The van der Waals surface area contributed by atoms with Gasteiger partial charge < -0.3 is 10.1 Å². The molecule has 0 aliphatic heterocycles. The van der Waals surface area contributed by atoms with Gasteiger partial charge in [0.05, 0.1) is 24.5 Å². The lowest BCUT2D eigenvalue weighted by atomic mass is 10.2. The molecule has 6 nitrogen and oxygen atoms in total. The lowest BCUT2D eigenvalue weighted by molar-refractivity contribution is 0.184. The lowest BCUT2D eigenvalue weighted by Crippen LogP contribution is -2.04. The molecule has 0 aromatic carbocycles. The van der Waals surface area contributed by atoms with Gasteiger partial charge in [-0.1, -0.05) is 0 Å². The van der Waals surface area contributed by atoms with Gasteiger partial charge in [0, 0.05) is 36.5 Å². The van der Waals surface area contributed by atoms with Crippen molar-refractivity contribution in [2.75, 3.05) is 12.4 Å². The Morgan fingerprint density at radius 3 is 2.96 bits per heavy atom. The van der Waals surface area contributed by atoms with Gasteiger partial charge >= 0.3 is 0 Å². The topological polar surface area (TPSA) is 72.8 Å². The lowest BCUT2D eigenvalue weighted by Gasteiger charge is -2.07. The molecule has 3 aromatic rings. The summed E-state index contributed by atoms with van der Waals surface area (Å²) >= 11 is 1.60. The van der Waals surface area contributed by atoms with Gasteiger partial charge in [-0.05, 0) is 19.1 Å². The van der Waals surface area contributed by atoms with E-state index in [1.165, 1.54) is 0 Å². The molecule has 7 heteroatoms. The van der Waals surface area contributed by atoms with Gasteiger partial charge in [-0.2, -0.15) is 0 Å². The Labute approximate surface area is 138 Å². The molecule has 0 bridgehead atoms. The third-order valence-corrected chi connectivity index (χ3v) is 3.98. The van der Waals surface area contributed by atoms with Gasteiger partial charge in [-0.15, -0.1) is 11.3 Å². The van der Waals surface area contributed by atoms with E-state index >= 15 is 0 Å². The minimum absolute atomic E-state index is 0.544. The predicted octanol–water partition coefficient (Wildman–Crippen LogP) is 3.06. The van der Waals surface area contributed by atoms with Crippen molar-refractivity contribution in [2.24, 2.45) is 0 Å². The number of aromatic nitrogens is 4. The minimum Gasteiger partial charge on any atom is -0.378 e. The molecule has 0 radical (unpaired) electrons. The van der Waals surface area contributed by atoms with Crippen LogP contribution in [0.5, 0.6) is 0 Å². The monoisotopic (exact) mass is 327 g/mol. The zero-order chi connectivity index (χ0) is 16.1. The number of thiazole rings is 1. The fourth-order valence-corrected chi connectivity index (χ4v) is 2.89. The van der Waals surface area contributed by atoms with Crippen LogP contribution in [0.25, 0.3) is 11.3 Å². The predicted molar refractivity (Wildman–Crippen MR) is 90.2 cm³/mol. The molecule has 3 rings (SSSR count).